The highest BCUT2D eigenvalue weighted by Gasteiger charge is 2.18. The van der Waals surface area contributed by atoms with Crippen LogP contribution in [0.5, 0.6) is 0 Å². The van der Waals surface area contributed by atoms with Gasteiger partial charge >= 0.3 is 0 Å². The maximum absolute atomic E-state index is 3.93. The van der Waals surface area contributed by atoms with Gasteiger partial charge in [-0.05, 0) is 89.7 Å². The second kappa shape index (κ2) is 12.3. The van der Waals surface area contributed by atoms with Gasteiger partial charge in [-0.1, -0.05) is 121 Å². The molecule has 2 heterocycles. The Bertz CT molecular complexity index is 2830. The van der Waals surface area contributed by atoms with Crippen molar-refractivity contribution in [1.29, 1.82) is 0 Å². The molecule has 10 rings (SSSR count). The SMILES string of the molecule is C1=CCCC(c2cc(-c3ccc4c5ccccc5n(-c5ccccc5)c4c3)ccc2Nc2ccccc2-c2cccc3sc4ccccc4c23)=C1. The Labute approximate surface area is 301 Å². The summed E-state index contributed by atoms with van der Waals surface area (Å²) in [7, 11) is 0. The van der Waals surface area contributed by atoms with E-state index in [2.05, 4.69) is 186 Å². The molecule has 0 saturated heterocycles. The van der Waals surface area contributed by atoms with Gasteiger partial charge in [0.25, 0.3) is 0 Å². The summed E-state index contributed by atoms with van der Waals surface area (Å²) in [6, 6.07) is 57.5. The fourth-order valence-corrected chi connectivity index (χ4v) is 9.03. The number of hydrogen-bond donors (Lipinski definition) is 1. The first kappa shape index (κ1) is 29.7. The number of hydrogen-bond acceptors (Lipinski definition) is 2. The van der Waals surface area contributed by atoms with Crippen LogP contribution in [0.25, 0.3) is 75.5 Å². The molecule has 0 fully saturated rings. The van der Waals surface area contributed by atoms with Crippen molar-refractivity contribution in [3.8, 4) is 27.9 Å². The summed E-state index contributed by atoms with van der Waals surface area (Å²) in [5.74, 6) is 0. The third-order valence-corrected chi connectivity index (χ3v) is 11.4. The first-order chi connectivity index (χ1) is 25.3. The summed E-state index contributed by atoms with van der Waals surface area (Å²) >= 11 is 1.87. The summed E-state index contributed by atoms with van der Waals surface area (Å²) < 4.78 is 5.03. The molecular formula is C48H34N2S. The monoisotopic (exact) mass is 670 g/mol. The van der Waals surface area contributed by atoms with Crippen LogP contribution in [-0.4, -0.2) is 4.57 Å². The van der Waals surface area contributed by atoms with Crippen LogP contribution >= 0.6 is 11.3 Å². The smallest absolute Gasteiger partial charge is 0.0547 e. The molecule has 0 amide bonds. The van der Waals surface area contributed by atoms with Crippen molar-refractivity contribution >= 4 is 70.3 Å². The predicted octanol–water partition coefficient (Wildman–Crippen LogP) is 14.0. The lowest BCUT2D eigenvalue weighted by Crippen LogP contribution is -2.00. The molecule has 0 aliphatic heterocycles. The molecule has 51 heavy (non-hydrogen) atoms. The van der Waals surface area contributed by atoms with Crippen molar-refractivity contribution in [3.05, 3.63) is 182 Å². The highest BCUT2D eigenvalue weighted by atomic mass is 32.1. The highest BCUT2D eigenvalue weighted by molar-refractivity contribution is 7.25. The van der Waals surface area contributed by atoms with Gasteiger partial charge in [-0.3, -0.25) is 0 Å². The van der Waals surface area contributed by atoms with Crippen LogP contribution in [0.15, 0.2) is 176 Å². The first-order valence-electron chi connectivity index (χ1n) is 17.7. The van der Waals surface area contributed by atoms with Gasteiger partial charge in [-0.15, -0.1) is 11.3 Å². The van der Waals surface area contributed by atoms with E-state index in [0.717, 1.165) is 24.2 Å². The topological polar surface area (TPSA) is 17.0 Å². The molecule has 7 aromatic carbocycles. The number of aromatic nitrogens is 1. The van der Waals surface area contributed by atoms with Crippen LogP contribution in [0.1, 0.15) is 18.4 Å². The molecule has 1 N–H and O–H groups in total. The first-order valence-corrected chi connectivity index (χ1v) is 18.5. The van der Waals surface area contributed by atoms with Crippen LogP contribution in [-0.2, 0) is 0 Å². The Morgan fingerprint density at radius 2 is 1.22 bits per heavy atom. The number of benzene rings is 7. The molecule has 242 valence electrons. The van der Waals surface area contributed by atoms with Gasteiger partial charge < -0.3 is 9.88 Å². The van der Waals surface area contributed by atoms with E-state index in [1.54, 1.807) is 0 Å². The number of nitrogens with zero attached hydrogens (tertiary/aromatic N) is 1. The van der Waals surface area contributed by atoms with Gasteiger partial charge in [-0.2, -0.15) is 0 Å². The largest absolute Gasteiger partial charge is 0.355 e. The molecule has 1 aliphatic rings. The van der Waals surface area contributed by atoms with Crippen molar-refractivity contribution in [2.45, 2.75) is 12.8 Å². The molecule has 0 spiro atoms. The van der Waals surface area contributed by atoms with Crippen molar-refractivity contribution in [2.24, 2.45) is 0 Å². The van der Waals surface area contributed by atoms with Crippen molar-refractivity contribution in [1.82, 2.24) is 4.57 Å². The van der Waals surface area contributed by atoms with Gasteiger partial charge in [0.15, 0.2) is 0 Å². The Morgan fingerprint density at radius 1 is 0.510 bits per heavy atom. The van der Waals surface area contributed by atoms with E-state index in [1.165, 1.54) is 81.1 Å². The molecule has 0 radical (unpaired) electrons. The number of nitrogens with one attached hydrogen (secondary N) is 1. The van der Waals surface area contributed by atoms with Crippen molar-refractivity contribution < 1.29 is 0 Å². The third kappa shape index (κ3) is 5.09. The Balaban J connectivity index is 1.11. The molecule has 2 nitrogen and oxygen atoms in total. The number of para-hydroxylation sites is 3. The number of rotatable bonds is 6. The summed E-state index contributed by atoms with van der Waals surface area (Å²) in [5, 5.41) is 9.11. The standard InChI is InChI=1S/C48H34N2S/c1-3-14-32(15-4-1)41-30-33(34-26-28-38-37-19-8-11-23-44(37)50(45(38)31-34)35-16-5-2-6-17-35)27-29-43(41)49-42-22-10-7-18-36(42)39-21-13-25-47-48(39)40-20-9-12-24-46(40)51-47/h1-3,5-14,16-31,49H,4,15H2. The van der Waals surface area contributed by atoms with E-state index < -0.39 is 0 Å². The van der Waals surface area contributed by atoms with E-state index in [0.29, 0.717) is 0 Å². The molecule has 0 bridgehead atoms. The molecule has 2 aromatic heterocycles. The van der Waals surface area contributed by atoms with Gasteiger partial charge in [0, 0.05) is 59.1 Å². The average Bonchev–Trinajstić information content (AvgIpc) is 3.75. The van der Waals surface area contributed by atoms with Crippen molar-refractivity contribution in [2.75, 3.05) is 5.32 Å². The Hall–Kier alpha value is -6.16. The zero-order chi connectivity index (χ0) is 33.7. The number of thiophene rings is 1. The highest BCUT2D eigenvalue weighted by Crippen LogP contribution is 2.44. The van der Waals surface area contributed by atoms with Gasteiger partial charge in [0.2, 0.25) is 0 Å². The summed E-state index contributed by atoms with van der Waals surface area (Å²) in [6.45, 7) is 0. The van der Waals surface area contributed by atoms with Gasteiger partial charge in [0.05, 0.1) is 11.0 Å². The van der Waals surface area contributed by atoms with Crippen LogP contribution in [0, 0.1) is 0 Å². The third-order valence-electron chi connectivity index (χ3n) is 10.3. The zero-order valence-corrected chi connectivity index (χ0v) is 28.8. The van der Waals surface area contributed by atoms with E-state index in [4.69, 9.17) is 0 Å². The minimum Gasteiger partial charge on any atom is -0.355 e. The van der Waals surface area contributed by atoms with Crippen LogP contribution in [0.2, 0.25) is 0 Å². The maximum Gasteiger partial charge on any atom is 0.0547 e. The van der Waals surface area contributed by atoms with Crippen molar-refractivity contribution in [3.63, 3.8) is 0 Å². The maximum atomic E-state index is 3.93. The van der Waals surface area contributed by atoms with Crippen LogP contribution in [0.4, 0.5) is 11.4 Å². The second-order valence-corrected chi connectivity index (χ2v) is 14.4. The van der Waals surface area contributed by atoms with E-state index in [9.17, 15) is 0 Å². The molecule has 9 aromatic rings. The minimum atomic E-state index is 1.01. The quantitative estimate of drug-likeness (QED) is 0.186. The lowest BCUT2D eigenvalue weighted by Gasteiger charge is -2.20. The van der Waals surface area contributed by atoms with Crippen LogP contribution < -0.4 is 5.32 Å². The number of anilines is 2. The number of allylic oxidation sites excluding steroid dienone is 4. The fraction of sp³-hybridized carbons (Fsp3) is 0.0417. The molecule has 0 saturated carbocycles. The number of fused-ring (bicyclic) bond motifs is 6. The van der Waals surface area contributed by atoms with Gasteiger partial charge in [-0.25, -0.2) is 0 Å². The molecule has 1 aliphatic carbocycles. The zero-order valence-electron chi connectivity index (χ0n) is 28.0. The molecule has 0 unspecified atom stereocenters. The Kier molecular flexibility index (Phi) is 7.18. The van der Waals surface area contributed by atoms with Crippen LogP contribution in [0.3, 0.4) is 0 Å². The van der Waals surface area contributed by atoms with E-state index >= 15 is 0 Å². The fourth-order valence-electron chi connectivity index (χ4n) is 7.90. The molecule has 3 heteroatoms. The summed E-state index contributed by atoms with van der Waals surface area (Å²) in [5.41, 5.74) is 13.3. The predicted molar refractivity (Wildman–Crippen MR) is 221 cm³/mol. The summed E-state index contributed by atoms with van der Waals surface area (Å²) in [6.07, 6.45) is 8.81. The van der Waals surface area contributed by atoms with E-state index in [1.807, 2.05) is 11.3 Å². The van der Waals surface area contributed by atoms with E-state index in [-0.39, 0.29) is 0 Å². The summed E-state index contributed by atoms with van der Waals surface area (Å²) in [4.78, 5) is 0. The normalized spacial score (nSPS) is 13.0. The lowest BCUT2D eigenvalue weighted by atomic mass is 9.92. The average molecular weight is 671 g/mol. The second-order valence-electron chi connectivity index (χ2n) is 13.3. The minimum absolute atomic E-state index is 1.01. The molecule has 0 atom stereocenters. The van der Waals surface area contributed by atoms with Gasteiger partial charge in [0.1, 0.15) is 0 Å². The Morgan fingerprint density at radius 3 is 2.12 bits per heavy atom. The lowest BCUT2D eigenvalue weighted by molar-refractivity contribution is 1.05. The molecular weight excluding hydrogens is 637 g/mol.